The van der Waals surface area contributed by atoms with Gasteiger partial charge in [-0.15, -0.1) is 0 Å². The van der Waals surface area contributed by atoms with Crippen molar-refractivity contribution in [2.24, 2.45) is 5.73 Å². The maximum Gasteiger partial charge on any atom is 0.255 e. The Morgan fingerprint density at radius 1 is 1.30 bits per heavy atom. The van der Waals surface area contributed by atoms with Crippen LogP contribution in [-0.2, 0) is 4.79 Å². The van der Waals surface area contributed by atoms with E-state index in [-0.39, 0.29) is 6.61 Å². The number of rotatable bonds is 5. The molecule has 6 nitrogen and oxygen atoms in total. The van der Waals surface area contributed by atoms with Crippen molar-refractivity contribution >= 4 is 5.91 Å². The topological polar surface area (TPSA) is 83.0 Å². The van der Waals surface area contributed by atoms with Crippen molar-refractivity contribution in [3.8, 4) is 22.7 Å². The van der Waals surface area contributed by atoms with Gasteiger partial charge in [0.05, 0.1) is 11.4 Å². The zero-order valence-electron chi connectivity index (χ0n) is 12.6. The van der Waals surface area contributed by atoms with E-state index in [1.165, 1.54) is 0 Å². The van der Waals surface area contributed by atoms with Crippen molar-refractivity contribution < 1.29 is 9.53 Å². The number of amides is 1. The molecule has 23 heavy (non-hydrogen) atoms. The van der Waals surface area contributed by atoms with E-state index < -0.39 is 5.91 Å². The molecule has 0 fully saturated rings. The van der Waals surface area contributed by atoms with E-state index >= 15 is 0 Å². The third kappa shape index (κ3) is 3.37. The van der Waals surface area contributed by atoms with Gasteiger partial charge in [-0.05, 0) is 48.9 Å². The zero-order valence-corrected chi connectivity index (χ0v) is 12.6. The summed E-state index contributed by atoms with van der Waals surface area (Å²) in [6, 6.07) is 11.4. The molecule has 0 aliphatic rings. The van der Waals surface area contributed by atoms with E-state index in [0.29, 0.717) is 5.75 Å². The van der Waals surface area contributed by atoms with Gasteiger partial charge in [0.25, 0.3) is 5.91 Å². The summed E-state index contributed by atoms with van der Waals surface area (Å²) in [6.45, 7) is 1.78. The predicted molar refractivity (Wildman–Crippen MR) is 86.2 cm³/mol. The van der Waals surface area contributed by atoms with Crippen LogP contribution < -0.4 is 10.5 Å². The lowest BCUT2D eigenvalue weighted by Gasteiger charge is -2.09. The summed E-state index contributed by atoms with van der Waals surface area (Å²) < 4.78 is 7.14. The maximum atomic E-state index is 10.8. The first-order valence-electron chi connectivity index (χ1n) is 7.12. The Morgan fingerprint density at radius 3 is 2.87 bits per heavy atom. The van der Waals surface area contributed by atoms with Crippen LogP contribution >= 0.6 is 0 Å². The predicted octanol–water partition coefficient (Wildman–Crippen LogP) is 2.11. The number of nitrogens with zero attached hydrogens (tertiary/aromatic N) is 3. The number of ether oxygens (including phenoxy) is 1. The molecule has 0 atom stereocenters. The van der Waals surface area contributed by atoms with Crippen molar-refractivity contribution in [1.82, 2.24) is 14.8 Å². The molecule has 0 aliphatic carbocycles. The molecule has 1 amide bonds. The Bertz CT molecular complexity index is 828. The van der Waals surface area contributed by atoms with Crippen LogP contribution in [0.4, 0.5) is 0 Å². The minimum absolute atomic E-state index is 0.132. The molecule has 0 saturated heterocycles. The van der Waals surface area contributed by atoms with Crippen LogP contribution in [0.3, 0.4) is 0 Å². The second-order valence-corrected chi connectivity index (χ2v) is 5.09. The standard InChI is InChI=1S/C17H16N4O2/c1-12-9-14(4-5-16(12)23-11-17(18)22)21-8-6-15(20-21)13-3-2-7-19-10-13/h2-10H,11H2,1H3,(H2,18,22). The van der Waals surface area contributed by atoms with Crippen molar-refractivity contribution in [3.63, 3.8) is 0 Å². The smallest absolute Gasteiger partial charge is 0.255 e. The van der Waals surface area contributed by atoms with Gasteiger partial charge in [0.1, 0.15) is 5.75 Å². The number of aryl methyl sites for hydroxylation is 1. The van der Waals surface area contributed by atoms with Gasteiger partial charge in [-0.3, -0.25) is 9.78 Å². The van der Waals surface area contributed by atoms with Crippen molar-refractivity contribution in [3.05, 3.63) is 60.6 Å². The number of hydrogen-bond donors (Lipinski definition) is 1. The van der Waals surface area contributed by atoms with Crippen molar-refractivity contribution in [1.29, 1.82) is 0 Å². The van der Waals surface area contributed by atoms with Crippen molar-refractivity contribution in [2.75, 3.05) is 6.61 Å². The van der Waals surface area contributed by atoms with Gasteiger partial charge in [-0.2, -0.15) is 5.10 Å². The Morgan fingerprint density at radius 2 is 2.17 bits per heavy atom. The highest BCUT2D eigenvalue weighted by Gasteiger charge is 2.07. The Balaban J connectivity index is 1.84. The summed E-state index contributed by atoms with van der Waals surface area (Å²) in [7, 11) is 0. The summed E-state index contributed by atoms with van der Waals surface area (Å²) in [5.41, 5.74) is 8.71. The molecule has 6 heteroatoms. The molecule has 2 aromatic heterocycles. The highest BCUT2D eigenvalue weighted by molar-refractivity contribution is 5.75. The van der Waals surface area contributed by atoms with Gasteiger partial charge in [-0.25, -0.2) is 4.68 Å². The Hall–Kier alpha value is -3.15. The van der Waals surface area contributed by atoms with E-state index in [4.69, 9.17) is 10.5 Å². The van der Waals surface area contributed by atoms with Gasteiger partial charge < -0.3 is 10.5 Å². The minimum Gasteiger partial charge on any atom is -0.484 e. The fourth-order valence-electron chi connectivity index (χ4n) is 2.22. The molecule has 1 aromatic carbocycles. The molecular formula is C17H16N4O2. The summed E-state index contributed by atoms with van der Waals surface area (Å²) in [6.07, 6.45) is 5.40. The summed E-state index contributed by atoms with van der Waals surface area (Å²) in [4.78, 5) is 14.9. The number of aromatic nitrogens is 3. The summed E-state index contributed by atoms with van der Waals surface area (Å²) in [5, 5.41) is 4.56. The lowest BCUT2D eigenvalue weighted by atomic mass is 10.2. The maximum absolute atomic E-state index is 10.8. The van der Waals surface area contributed by atoms with E-state index in [1.54, 1.807) is 23.1 Å². The molecule has 0 bridgehead atoms. The summed E-state index contributed by atoms with van der Waals surface area (Å²) in [5.74, 6) is 0.133. The average molecular weight is 308 g/mol. The molecule has 0 radical (unpaired) electrons. The highest BCUT2D eigenvalue weighted by atomic mass is 16.5. The van der Waals surface area contributed by atoms with E-state index in [0.717, 1.165) is 22.5 Å². The van der Waals surface area contributed by atoms with Gasteiger partial charge in [0, 0.05) is 24.2 Å². The highest BCUT2D eigenvalue weighted by Crippen LogP contribution is 2.22. The molecule has 0 spiro atoms. The van der Waals surface area contributed by atoms with Crippen LogP contribution in [0.25, 0.3) is 16.9 Å². The van der Waals surface area contributed by atoms with Gasteiger partial charge in [0.2, 0.25) is 0 Å². The van der Waals surface area contributed by atoms with Gasteiger partial charge >= 0.3 is 0 Å². The largest absolute Gasteiger partial charge is 0.484 e. The normalized spacial score (nSPS) is 10.5. The number of carbonyl (C=O) groups excluding carboxylic acids is 1. The van der Waals surface area contributed by atoms with Crippen LogP contribution in [0, 0.1) is 6.92 Å². The van der Waals surface area contributed by atoms with E-state index in [1.807, 2.05) is 43.5 Å². The number of nitrogens with two attached hydrogens (primary N) is 1. The van der Waals surface area contributed by atoms with Gasteiger partial charge in [0.15, 0.2) is 6.61 Å². The lowest BCUT2D eigenvalue weighted by Crippen LogP contribution is -2.20. The first kappa shape index (κ1) is 14.8. The number of benzene rings is 1. The van der Waals surface area contributed by atoms with E-state index in [2.05, 4.69) is 10.1 Å². The molecular weight excluding hydrogens is 292 g/mol. The SMILES string of the molecule is Cc1cc(-n2ccc(-c3cccnc3)n2)ccc1OCC(N)=O. The lowest BCUT2D eigenvalue weighted by molar-refractivity contribution is -0.119. The molecule has 2 heterocycles. The molecule has 0 aliphatic heterocycles. The quantitative estimate of drug-likeness (QED) is 0.782. The molecule has 3 rings (SSSR count). The molecule has 3 aromatic rings. The Labute approximate surface area is 133 Å². The Kier molecular flexibility index (Phi) is 4.05. The minimum atomic E-state index is -0.498. The monoisotopic (exact) mass is 308 g/mol. The summed E-state index contributed by atoms with van der Waals surface area (Å²) >= 11 is 0. The fraction of sp³-hybridized carbons (Fsp3) is 0.118. The number of carbonyl (C=O) groups is 1. The first-order valence-corrected chi connectivity index (χ1v) is 7.12. The third-order valence-electron chi connectivity index (χ3n) is 3.34. The van der Waals surface area contributed by atoms with Crippen LogP contribution in [0.1, 0.15) is 5.56 Å². The zero-order chi connectivity index (χ0) is 16.2. The van der Waals surface area contributed by atoms with Gasteiger partial charge in [-0.1, -0.05) is 0 Å². The first-order chi connectivity index (χ1) is 11.1. The van der Waals surface area contributed by atoms with Crippen LogP contribution in [0.2, 0.25) is 0 Å². The van der Waals surface area contributed by atoms with E-state index in [9.17, 15) is 4.79 Å². The second kappa shape index (κ2) is 6.31. The molecule has 116 valence electrons. The second-order valence-electron chi connectivity index (χ2n) is 5.09. The fourth-order valence-corrected chi connectivity index (χ4v) is 2.22. The number of primary amides is 1. The number of pyridine rings is 1. The number of hydrogen-bond acceptors (Lipinski definition) is 4. The van der Waals surface area contributed by atoms with Crippen LogP contribution in [-0.4, -0.2) is 27.3 Å². The molecule has 0 saturated carbocycles. The molecule has 2 N–H and O–H groups in total. The van der Waals surface area contributed by atoms with Crippen molar-refractivity contribution in [2.45, 2.75) is 6.92 Å². The third-order valence-corrected chi connectivity index (χ3v) is 3.34. The average Bonchev–Trinajstić information content (AvgIpc) is 3.04. The van der Waals surface area contributed by atoms with Crippen LogP contribution in [0.5, 0.6) is 5.75 Å². The molecule has 0 unspecified atom stereocenters. The van der Waals surface area contributed by atoms with Crippen LogP contribution in [0.15, 0.2) is 55.0 Å².